The first-order valence-electron chi connectivity index (χ1n) is 4.35. The van der Waals surface area contributed by atoms with E-state index in [1.54, 1.807) is 6.92 Å². The SMILES string of the molecule is CCOC(=O)/C=C\N1C(=O)CCC1=O. The van der Waals surface area contributed by atoms with Crippen molar-refractivity contribution in [3.63, 3.8) is 0 Å². The highest BCUT2D eigenvalue weighted by Gasteiger charge is 2.26. The molecule has 14 heavy (non-hydrogen) atoms. The third-order valence-corrected chi connectivity index (χ3v) is 1.74. The fourth-order valence-corrected chi connectivity index (χ4v) is 1.09. The van der Waals surface area contributed by atoms with Crippen molar-refractivity contribution in [2.24, 2.45) is 0 Å². The zero-order chi connectivity index (χ0) is 10.6. The minimum atomic E-state index is -0.556. The zero-order valence-corrected chi connectivity index (χ0v) is 7.86. The van der Waals surface area contributed by atoms with Crippen LogP contribution in [0.1, 0.15) is 19.8 Å². The predicted octanol–water partition coefficient (Wildman–Crippen LogP) is 0.212. The number of amides is 2. The first kappa shape index (κ1) is 10.4. The molecule has 0 atom stereocenters. The Kier molecular flexibility index (Phi) is 3.39. The molecule has 0 bridgehead atoms. The Balaban J connectivity index is 2.54. The summed E-state index contributed by atoms with van der Waals surface area (Å²) in [5, 5.41) is 0. The molecule has 1 heterocycles. The van der Waals surface area contributed by atoms with Gasteiger partial charge >= 0.3 is 5.97 Å². The number of carbonyl (C=O) groups is 3. The van der Waals surface area contributed by atoms with Gasteiger partial charge in [-0.3, -0.25) is 14.5 Å². The van der Waals surface area contributed by atoms with Gasteiger partial charge < -0.3 is 4.74 Å². The monoisotopic (exact) mass is 197 g/mol. The van der Waals surface area contributed by atoms with Crippen LogP contribution in [0.4, 0.5) is 0 Å². The number of rotatable bonds is 3. The van der Waals surface area contributed by atoms with E-state index >= 15 is 0 Å². The van der Waals surface area contributed by atoms with Crippen LogP contribution in [0.15, 0.2) is 12.3 Å². The first-order valence-corrected chi connectivity index (χ1v) is 4.35. The van der Waals surface area contributed by atoms with E-state index < -0.39 is 5.97 Å². The molecule has 0 aliphatic carbocycles. The van der Waals surface area contributed by atoms with Crippen molar-refractivity contribution in [3.8, 4) is 0 Å². The van der Waals surface area contributed by atoms with Crippen LogP contribution in [0, 0.1) is 0 Å². The lowest BCUT2D eigenvalue weighted by Crippen LogP contribution is -2.23. The Morgan fingerprint density at radius 2 is 2.00 bits per heavy atom. The third kappa shape index (κ3) is 2.42. The molecule has 1 rings (SSSR count). The van der Waals surface area contributed by atoms with Crippen molar-refractivity contribution >= 4 is 17.8 Å². The molecule has 0 saturated carbocycles. The fourth-order valence-electron chi connectivity index (χ4n) is 1.09. The van der Waals surface area contributed by atoms with Gasteiger partial charge in [-0.25, -0.2) is 4.79 Å². The molecule has 76 valence electrons. The summed E-state index contributed by atoms with van der Waals surface area (Å²) in [5.74, 6) is -1.12. The summed E-state index contributed by atoms with van der Waals surface area (Å²) in [6.07, 6.45) is 2.66. The van der Waals surface area contributed by atoms with Gasteiger partial charge in [0.25, 0.3) is 0 Å². The number of ether oxygens (including phenoxy) is 1. The quantitative estimate of drug-likeness (QED) is 0.368. The van der Waals surface area contributed by atoms with Crippen molar-refractivity contribution in [2.75, 3.05) is 6.61 Å². The van der Waals surface area contributed by atoms with Crippen molar-refractivity contribution in [3.05, 3.63) is 12.3 Å². The molecule has 0 aromatic heterocycles. The van der Waals surface area contributed by atoms with Gasteiger partial charge in [-0.2, -0.15) is 0 Å². The van der Waals surface area contributed by atoms with Gasteiger partial charge in [0.05, 0.1) is 6.61 Å². The van der Waals surface area contributed by atoms with E-state index in [2.05, 4.69) is 4.74 Å². The molecule has 2 amide bonds. The van der Waals surface area contributed by atoms with Gasteiger partial charge in [0.15, 0.2) is 0 Å². The molecule has 0 aromatic rings. The number of hydrogen-bond acceptors (Lipinski definition) is 4. The second-order valence-electron chi connectivity index (χ2n) is 2.73. The highest BCUT2D eigenvalue weighted by atomic mass is 16.5. The van der Waals surface area contributed by atoms with Gasteiger partial charge in [0.2, 0.25) is 11.8 Å². The number of hydrogen-bond donors (Lipinski definition) is 0. The molecular weight excluding hydrogens is 186 g/mol. The molecule has 5 nitrogen and oxygen atoms in total. The Hall–Kier alpha value is -1.65. The van der Waals surface area contributed by atoms with Crippen LogP contribution in [0.5, 0.6) is 0 Å². The summed E-state index contributed by atoms with van der Waals surface area (Å²) in [6, 6.07) is 0. The molecule has 0 N–H and O–H groups in total. The Bertz CT molecular complexity index is 279. The normalized spacial score (nSPS) is 16.8. The maximum Gasteiger partial charge on any atom is 0.332 e. The van der Waals surface area contributed by atoms with Gasteiger partial charge in [0, 0.05) is 25.1 Å². The summed E-state index contributed by atoms with van der Waals surface area (Å²) in [6.45, 7) is 1.95. The van der Waals surface area contributed by atoms with E-state index in [1.807, 2.05) is 0 Å². The van der Waals surface area contributed by atoms with Crippen molar-refractivity contribution < 1.29 is 19.1 Å². The highest BCUT2D eigenvalue weighted by molar-refractivity contribution is 6.03. The van der Waals surface area contributed by atoms with Crippen LogP contribution in [-0.2, 0) is 19.1 Å². The molecule has 1 saturated heterocycles. The molecule has 1 fully saturated rings. The van der Waals surface area contributed by atoms with E-state index in [4.69, 9.17) is 0 Å². The van der Waals surface area contributed by atoms with Crippen molar-refractivity contribution in [1.82, 2.24) is 4.90 Å². The van der Waals surface area contributed by atoms with Gasteiger partial charge in [-0.05, 0) is 6.92 Å². The predicted molar refractivity (Wildman–Crippen MR) is 46.9 cm³/mol. The van der Waals surface area contributed by atoms with Crippen molar-refractivity contribution in [1.29, 1.82) is 0 Å². The van der Waals surface area contributed by atoms with Crippen molar-refractivity contribution in [2.45, 2.75) is 19.8 Å². The number of carbonyl (C=O) groups excluding carboxylic acids is 3. The number of likely N-dealkylation sites (tertiary alicyclic amines) is 1. The average Bonchev–Trinajstić information content (AvgIpc) is 2.44. The van der Waals surface area contributed by atoms with E-state index in [-0.39, 0.29) is 31.3 Å². The average molecular weight is 197 g/mol. The van der Waals surface area contributed by atoms with E-state index in [0.29, 0.717) is 0 Å². The first-order chi connectivity index (χ1) is 6.65. The van der Waals surface area contributed by atoms with Crippen LogP contribution in [0.25, 0.3) is 0 Å². The van der Waals surface area contributed by atoms with E-state index in [1.165, 1.54) is 0 Å². The summed E-state index contributed by atoms with van der Waals surface area (Å²) in [7, 11) is 0. The fraction of sp³-hybridized carbons (Fsp3) is 0.444. The molecule has 1 aliphatic rings. The minimum absolute atomic E-state index is 0.214. The summed E-state index contributed by atoms with van der Waals surface area (Å²) < 4.78 is 4.60. The molecule has 5 heteroatoms. The molecule has 0 radical (unpaired) electrons. The molecule has 1 aliphatic heterocycles. The second-order valence-corrected chi connectivity index (χ2v) is 2.73. The number of nitrogens with zero attached hydrogens (tertiary/aromatic N) is 1. The van der Waals surface area contributed by atoms with Crippen LogP contribution in [0.2, 0.25) is 0 Å². The third-order valence-electron chi connectivity index (χ3n) is 1.74. The van der Waals surface area contributed by atoms with E-state index in [0.717, 1.165) is 17.2 Å². The Morgan fingerprint density at radius 1 is 1.43 bits per heavy atom. The van der Waals surface area contributed by atoms with E-state index in [9.17, 15) is 14.4 Å². The molecule has 0 unspecified atom stereocenters. The smallest absolute Gasteiger partial charge is 0.332 e. The number of esters is 1. The zero-order valence-electron chi connectivity index (χ0n) is 7.86. The summed E-state index contributed by atoms with van der Waals surface area (Å²) >= 11 is 0. The lowest BCUT2D eigenvalue weighted by molar-refractivity contribution is -0.137. The maximum absolute atomic E-state index is 11.1. The van der Waals surface area contributed by atoms with Crippen LogP contribution in [0.3, 0.4) is 0 Å². The maximum atomic E-state index is 11.1. The second kappa shape index (κ2) is 4.55. The topological polar surface area (TPSA) is 63.7 Å². The lowest BCUT2D eigenvalue weighted by Gasteiger charge is -2.05. The minimum Gasteiger partial charge on any atom is -0.463 e. The van der Waals surface area contributed by atoms with Gasteiger partial charge in [-0.1, -0.05) is 0 Å². The molecular formula is C9H11NO4. The largest absolute Gasteiger partial charge is 0.463 e. The lowest BCUT2D eigenvalue weighted by atomic mass is 10.4. The molecule has 0 aromatic carbocycles. The number of imide groups is 1. The van der Waals surface area contributed by atoms with Gasteiger partial charge in [-0.15, -0.1) is 0 Å². The van der Waals surface area contributed by atoms with Crippen LogP contribution in [-0.4, -0.2) is 29.3 Å². The highest BCUT2D eigenvalue weighted by Crippen LogP contribution is 2.11. The molecule has 0 spiro atoms. The standard InChI is InChI=1S/C9H11NO4/c1-2-14-9(13)5-6-10-7(11)3-4-8(10)12/h5-6H,2-4H2,1H3/b6-5-. The summed E-state index contributed by atoms with van der Waals surface area (Å²) in [5.41, 5.74) is 0. The summed E-state index contributed by atoms with van der Waals surface area (Å²) in [4.78, 5) is 33.9. The van der Waals surface area contributed by atoms with Crippen LogP contribution >= 0.6 is 0 Å². The van der Waals surface area contributed by atoms with Gasteiger partial charge in [0.1, 0.15) is 0 Å². The van der Waals surface area contributed by atoms with Crippen LogP contribution < -0.4 is 0 Å². The Labute approximate surface area is 81.3 Å². The Morgan fingerprint density at radius 3 is 2.50 bits per heavy atom.